The van der Waals surface area contributed by atoms with Crippen LogP contribution >= 0.6 is 0 Å². The highest BCUT2D eigenvalue weighted by Crippen LogP contribution is 2.43. The van der Waals surface area contributed by atoms with Crippen molar-refractivity contribution in [3.63, 3.8) is 0 Å². The summed E-state index contributed by atoms with van der Waals surface area (Å²) >= 11 is 0. The number of nitrogens with zero attached hydrogens (tertiary/aromatic N) is 1. The molecule has 1 aromatic rings. The van der Waals surface area contributed by atoms with Gasteiger partial charge in [0.1, 0.15) is 0 Å². The highest BCUT2D eigenvalue weighted by atomic mass is 15.2. The lowest BCUT2D eigenvalue weighted by molar-refractivity contribution is 0.403. The fourth-order valence-electron chi connectivity index (χ4n) is 2.72. The van der Waals surface area contributed by atoms with Gasteiger partial charge in [0.2, 0.25) is 0 Å². The molecule has 0 aliphatic heterocycles. The van der Waals surface area contributed by atoms with E-state index >= 15 is 0 Å². The average Bonchev–Trinajstić information content (AvgIpc) is 2.62. The van der Waals surface area contributed by atoms with E-state index in [0.717, 1.165) is 5.82 Å². The summed E-state index contributed by atoms with van der Waals surface area (Å²) < 4.78 is 0. The first-order valence-corrected chi connectivity index (χ1v) is 5.91. The van der Waals surface area contributed by atoms with Gasteiger partial charge in [0.05, 0.1) is 0 Å². The van der Waals surface area contributed by atoms with Gasteiger partial charge in [0.25, 0.3) is 0 Å². The summed E-state index contributed by atoms with van der Waals surface area (Å²) in [5.74, 6) is 3.03. The number of aromatic amines is 1. The maximum absolute atomic E-state index is 4.36. The molecule has 84 valence electrons. The second-order valence-electron chi connectivity index (χ2n) is 4.98. The first kappa shape index (κ1) is 10.5. The second kappa shape index (κ2) is 3.87. The van der Waals surface area contributed by atoms with E-state index in [9.17, 15) is 0 Å². The minimum Gasteiger partial charge on any atom is -0.371 e. The number of hydrogen-bond donors (Lipinski definition) is 2. The Balaban J connectivity index is 2.42. The van der Waals surface area contributed by atoms with E-state index in [4.69, 9.17) is 0 Å². The first-order valence-electron chi connectivity index (χ1n) is 5.91. The number of rotatable bonds is 2. The fourth-order valence-corrected chi connectivity index (χ4v) is 2.72. The maximum atomic E-state index is 4.36. The van der Waals surface area contributed by atoms with E-state index < -0.39 is 0 Å². The predicted molar refractivity (Wildman–Crippen MR) is 63.4 cm³/mol. The lowest BCUT2D eigenvalue weighted by Crippen LogP contribution is -2.17. The molecule has 15 heavy (non-hydrogen) atoms. The van der Waals surface area contributed by atoms with Gasteiger partial charge < -0.3 is 5.32 Å². The van der Waals surface area contributed by atoms with Crippen molar-refractivity contribution in [1.29, 1.82) is 0 Å². The van der Waals surface area contributed by atoms with Gasteiger partial charge in [-0.1, -0.05) is 20.8 Å². The van der Waals surface area contributed by atoms with Crippen molar-refractivity contribution >= 4 is 5.82 Å². The van der Waals surface area contributed by atoms with Crippen LogP contribution in [-0.2, 0) is 0 Å². The van der Waals surface area contributed by atoms with Crippen LogP contribution in [0.1, 0.15) is 56.7 Å². The van der Waals surface area contributed by atoms with Crippen LogP contribution in [0.2, 0.25) is 0 Å². The molecule has 0 saturated heterocycles. The molecule has 1 heterocycles. The van der Waals surface area contributed by atoms with Gasteiger partial charge in [-0.3, -0.25) is 5.10 Å². The highest BCUT2D eigenvalue weighted by molar-refractivity contribution is 5.50. The largest absolute Gasteiger partial charge is 0.371 e. The van der Waals surface area contributed by atoms with Crippen LogP contribution in [0.25, 0.3) is 0 Å². The molecule has 3 heteroatoms. The molecule has 0 amide bonds. The van der Waals surface area contributed by atoms with Gasteiger partial charge in [-0.05, 0) is 24.7 Å². The Labute approximate surface area is 91.7 Å². The van der Waals surface area contributed by atoms with Crippen LogP contribution in [0.4, 0.5) is 5.82 Å². The third kappa shape index (κ3) is 1.64. The summed E-state index contributed by atoms with van der Waals surface area (Å²) in [5, 5.41) is 10.8. The number of aromatic nitrogens is 2. The van der Waals surface area contributed by atoms with E-state index in [0.29, 0.717) is 17.8 Å². The maximum Gasteiger partial charge on any atom is 0.151 e. The Kier molecular flexibility index (Phi) is 2.72. The molecule has 1 aromatic heterocycles. The van der Waals surface area contributed by atoms with Crippen LogP contribution in [0.5, 0.6) is 0 Å². The Hall–Kier alpha value is -0.990. The molecule has 1 aliphatic rings. The van der Waals surface area contributed by atoms with Crippen LogP contribution in [0.15, 0.2) is 0 Å². The van der Waals surface area contributed by atoms with Gasteiger partial charge in [-0.15, -0.1) is 0 Å². The summed E-state index contributed by atoms with van der Waals surface area (Å²) in [6.07, 6.45) is 2.57. The van der Waals surface area contributed by atoms with E-state index in [1.165, 1.54) is 24.1 Å². The van der Waals surface area contributed by atoms with E-state index in [1.807, 2.05) is 7.05 Å². The first-order chi connectivity index (χ1) is 7.15. The summed E-state index contributed by atoms with van der Waals surface area (Å²) in [7, 11) is 1.95. The van der Waals surface area contributed by atoms with Gasteiger partial charge >= 0.3 is 0 Å². The van der Waals surface area contributed by atoms with Crippen molar-refractivity contribution in [3.05, 3.63) is 11.3 Å². The molecular weight excluding hydrogens is 186 g/mol. The van der Waals surface area contributed by atoms with Gasteiger partial charge in [0.15, 0.2) is 5.82 Å². The van der Waals surface area contributed by atoms with Gasteiger partial charge in [0, 0.05) is 24.2 Å². The SMILES string of the molecule is CNc1n[nH]c2c1C(C)CCC2C(C)C. The van der Waals surface area contributed by atoms with Crippen molar-refractivity contribution in [2.24, 2.45) is 5.92 Å². The smallest absolute Gasteiger partial charge is 0.151 e. The summed E-state index contributed by atoms with van der Waals surface area (Å²) in [6, 6.07) is 0. The predicted octanol–water partition coefficient (Wildman–Crippen LogP) is 3.09. The second-order valence-corrected chi connectivity index (χ2v) is 4.98. The molecule has 0 radical (unpaired) electrons. The zero-order valence-electron chi connectivity index (χ0n) is 10.1. The molecule has 3 nitrogen and oxygen atoms in total. The van der Waals surface area contributed by atoms with Crippen molar-refractivity contribution in [1.82, 2.24) is 10.2 Å². The standard InChI is InChI=1S/C12H21N3/c1-7(2)9-6-5-8(3)10-11(9)14-15-12(10)13-4/h7-9H,5-6H2,1-4H3,(H2,13,14,15). The van der Waals surface area contributed by atoms with Crippen molar-refractivity contribution < 1.29 is 0 Å². The zero-order valence-corrected chi connectivity index (χ0v) is 10.1. The normalized spacial score (nSPS) is 25.4. The molecular formula is C12H21N3. The third-order valence-electron chi connectivity index (χ3n) is 3.65. The van der Waals surface area contributed by atoms with Crippen LogP contribution in [-0.4, -0.2) is 17.2 Å². The highest BCUT2D eigenvalue weighted by Gasteiger charge is 2.31. The molecule has 2 atom stereocenters. The lowest BCUT2D eigenvalue weighted by atomic mass is 9.76. The molecule has 0 bridgehead atoms. The van der Waals surface area contributed by atoms with Crippen LogP contribution in [0.3, 0.4) is 0 Å². The van der Waals surface area contributed by atoms with E-state index in [2.05, 4.69) is 36.3 Å². The van der Waals surface area contributed by atoms with E-state index in [-0.39, 0.29) is 0 Å². The van der Waals surface area contributed by atoms with Gasteiger partial charge in [-0.25, -0.2) is 0 Å². The molecule has 0 aromatic carbocycles. The number of anilines is 1. The molecule has 1 aliphatic carbocycles. The molecule has 0 spiro atoms. The van der Waals surface area contributed by atoms with Crippen molar-refractivity contribution in [3.8, 4) is 0 Å². The average molecular weight is 207 g/mol. The summed E-state index contributed by atoms with van der Waals surface area (Å²) in [5.41, 5.74) is 2.79. The summed E-state index contributed by atoms with van der Waals surface area (Å²) in [6.45, 7) is 6.89. The topological polar surface area (TPSA) is 40.7 Å². The minimum atomic E-state index is 0.635. The molecule has 2 rings (SSSR count). The number of fused-ring (bicyclic) bond motifs is 1. The molecule has 2 N–H and O–H groups in total. The summed E-state index contributed by atoms with van der Waals surface area (Å²) in [4.78, 5) is 0. The quantitative estimate of drug-likeness (QED) is 0.782. The Bertz CT molecular complexity index is 341. The van der Waals surface area contributed by atoms with Crippen LogP contribution < -0.4 is 5.32 Å². The van der Waals surface area contributed by atoms with Gasteiger partial charge in [-0.2, -0.15) is 5.10 Å². The molecule has 0 saturated carbocycles. The Morgan fingerprint density at radius 1 is 1.40 bits per heavy atom. The number of nitrogens with one attached hydrogen (secondary N) is 2. The number of H-pyrrole nitrogens is 1. The van der Waals surface area contributed by atoms with Crippen molar-refractivity contribution in [2.75, 3.05) is 12.4 Å². The van der Waals surface area contributed by atoms with Crippen molar-refractivity contribution in [2.45, 2.75) is 45.4 Å². The zero-order chi connectivity index (χ0) is 11.0. The lowest BCUT2D eigenvalue weighted by Gasteiger charge is -2.29. The molecule has 2 unspecified atom stereocenters. The minimum absolute atomic E-state index is 0.635. The van der Waals surface area contributed by atoms with E-state index in [1.54, 1.807) is 0 Å². The Morgan fingerprint density at radius 3 is 2.73 bits per heavy atom. The monoisotopic (exact) mass is 207 g/mol. The third-order valence-corrected chi connectivity index (χ3v) is 3.65. The van der Waals surface area contributed by atoms with Crippen LogP contribution in [0, 0.1) is 5.92 Å². The molecule has 0 fully saturated rings. The Morgan fingerprint density at radius 2 is 2.13 bits per heavy atom. The number of hydrogen-bond acceptors (Lipinski definition) is 2. The fraction of sp³-hybridized carbons (Fsp3) is 0.750.